The predicted octanol–water partition coefficient (Wildman–Crippen LogP) is 1.96. The van der Waals surface area contributed by atoms with Crippen LogP contribution in [0.1, 0.15) is 60.8 Å². The molecule has 0 aromatic carbocycles. The van der Waals surface area contributed by atoms with Crippen LogP contribution in [-0.2, 0) is 19.1 Å². The Hall–Kier alpha value is -1.28. The number of aliphatic hydroxyl groups is 1. The first kappa shape index (κ1) is 23.4. The van der Waals surface area contributed by atoms with Gasteiger partial charge >= 0.3 is 5.97 Å². The molecule has 170 valence electrons. The van der Waals surface area contributed by atoms with Crippen LogP contribution in [0, 0.1) is 17.8 Å². The fourth-order valence-corrected chi connectivity index (χ4v) is 8.16. The number of rotatable bonds is 8. The number of amides is 2. The summed E-state index contributed by atoms with van der Waals surface area (Å²) in [4.78, 5) is 41.8. The molecule has 2 amide bonds. The number of fused-ring (bicyclic) bond motifs is 1. The van der Waals surface area contributed by atoms with Crippen LogP contribution in [0.25, 0.3) is 0 Å². The first-order valence-electron chi connectivity index (χ1n) is 11.1. The SMILES string of the molecule is CCOC(=O)[C@@H]1[C@H]2C(=O)N([C@@H](CO)CC(C)C)C(C(=O)NC(C)C)C23CC[C@@]1(C)S3. The molecule has 2 bridgehead atoms. The topological polar surface area (TPSA) is 95.9 Å². The fraction of sp³-hybridized carbons (Fsp3) is 0.864. The van der Waals surface area contributed by atoms with Crippen molar-refractivity contribution >= 4 is 29.5 Å². The van der Waals surface area contributed by atoms with Gasteiger partial charge in [0.25, 0.3) is 0 Å². The van der Waals surface area contributed by atoms with Crippen molar-refractivity contribution in [1.29, 1.82) is 0 Å². The van der Waals surface area contributed by atoms with Crippen molar-refractivity contribution in [1.82, 2.24) is 10.2 Å². The zero-order valence-electron chi connectivity index (χ0n) is 18.9. The second-order valence-corrected chi connectivity index (χ2v) is 11.8. The van der Waals surface area contributed by atoms with Gasteiger partial charge in [-0.15, -0.1) is 11.8 Å². The lowest BCUT2D eigenvalue weighted by Crippen LogP contribution is -2.57. The van der Waals surface area contributed by atoms with Gasteiger partial charge in [-0.2, -0.15) is 0 Å². The number of carbonyl (C=O) groups excluding carboxylic acids is 3. The monoisotopic (exact) mass is 440 g/mol. The first-order chi connectivity index (χ1) is 14.0. The van der Waals surface area contributed by atoms with E-state index in [1.807, 2.05) is 34.6 Å². The predicted molar refractivity (Wildman–Crippen MR) is 116 cm³/mol. The van der Waals surface area contributed by atoms with Crippen molar-refractivity contribution in [2.45, 2.75) is 88.4 Å². The number of carbonyl (C=O) groups is 3. The first-order valence-corrected chi connectivity index (χ1v) is 11.9. The standard InChI is InChI=1S/C22H36N2O5S/c1-7-29-20(28)16-15-19(27)24(14(11-25)10-12(2)3)17(18(26)23-13(4)5)22(15)9-8-21(16,6)30-22/h12-17,25H,7-11H2,1-6H3,(H,23,26)/t14-,15+,16+,17?,21-,22?/m1/s1. The van der Waals surface area contributed by atoms with Crippen molar-refractivity contribution in [2.75, 3.05) is 13.2 Å². The molecule has 8 heteroatoms. The molecule has 3 aliphatic heterocycles. The number of esters is 1. The summed E-state index contributed by atoms with van der Waals surface area (Å²) in [5.41, 5.74) is 0. The zero-order chi connectivity index (χ0) is 22.4. The number of ether oxygens (including phenoxy) is 1. The second kappa shape index (κ2) is 8.34. The summed E-state index contributed by atoms with van der Waals surface area (Å²) in [7, 11) is 0. The van der Waals surface area contributed by atoms with Crippen LogP contribution < -0.4 is 5.32 Å². The number of thioether (sulfide) groups is 1. The highest BCUT2D eigenvalue weighted by atomic mass is 32.2. The van der Waals surface area contributed by atoms with Crippen LogP contribution in [0.2, 0.25) is 0 Å². The highest BCUT2D eigenvalue weighted by Crippen LogP contribution is 2.71. The summed E-state index contributed by atoms with van der Waals surface area (Å²) >= 11 is 1.63. The Kier molecular flexibility index (Phi) is 6.50. The molecule has 0 saturated carbocycles. The minimum atomic E-state index is -0.695. The maximum Gasteiger partial charge on any atom is 0.311 e. The molecule has 30 heavy (non-hydrogen) atoms. The average molecular weight is 441 g/mol. The molecule has 3 rings (SSSR count). The van der Waals surface area contributed by atoms with E-state index < -0.39 is 33.4 Å². The van der Waals surface area contributed by atoms with Crippen LogP contribution in [0.4, 0.5) is 0 Å². The normalized spacial score (nSPS) is 35.8. The van der Waals surface area contributed by atoms with Gasteiger partial charge in [-0.3, -0.25) is 14.4 Å². The third-order valence-corrected chi connectivity index (χ3v) is 8.77. The number of nitrogens with zero attached hydrogens (tertiary/aromatic N) is 1. The molecule has 0 aromatic heterocycles. The molecule has 0 radical (unpaired) electrons. The van der Waals surface area contributed by atoms with Gasteiger partial charge in [-0.05, 0) is 52.9 Å². The number of hydrogen-bond acceptors (Lipinski definition) is 6. The van der Waals surface area contributed by atoms with Gasteiger partial charge in [0.05, 0.1) is 35.8 Å². The van der Waals surface area contributed by atoms with Crippen LogP contribution in [0.15, 0.2) is 0 Å². The van der Waals surface area contributed by atoms with Gasteiger partial charge in [0.1, 0.15) is 6.04 Å². The largest absolute Gasteiger partial charge is 0.466 e. The van der Waals surface area contributed by atoms with E-state index in [9.17, 15) is 19.5 Å². The Morgan fingerprint density at radius 2 is 1.97 bits per heavy atom. The summed E-state index contributed by atoms with van der Waals surface area (Å²) in [5, 5.41) is 13.1. The van der Waals surface area contributed by atoms with Gasteiger partial charge in [-0.1, -0.05) is 13.8 Å². The lowest BCUT2D eigenvalue weighted by atomic mass is 9.66. The van der Waals surface area contributed by atoms with Gasteiger partial charge in [0.2, 0.25) is 11.8 Å². The van der Waals surface area contributed by atoms with E-state index in [2.05, 4.69) is 5.32 Å². The molecule has 0 aliphatic carbocycles. The number of aliphatic hydroxyl groups excluding tert-OH is 1. The second-order valence-electron chi connectivity index (χ2n) is 9.85. The molecule has 3 saturated heterocycles. The van der Waals surface area contributed by atoms with Crippen molar-refractivity contribution in [3.63, 3.8) is 0 Å². The average Bonchev–Trinajstić information content (AvgIpc) is 3.20. The maximum absolute atomic E-state index is 13.8. The van der Waals surface area contributed by atoms with E-state index in [0.717, 1.165) is 6.42 Å². The molecular weight excluding hydrogens is 404 g/mol. The molecular formula is C22H36N2O5S. The number of likely N-dealkylation sites (tertiary alicyclic amines) is 1. The van der Waals surface area contributed by atoms with Crippen molar-refractivity contribution in [3.8, 4) is 0 Å². The maximum atomic E-state index is 13.8. The summed E-state index contributed by atoms with van der Waals surface area (Å²) in [6.07, 6.45) is 2.06. The highest BCUT2D eigenvalue weighted by Gasteiger charge is 2.77. The Morgan fingerprint density at radius 1 is 1.30 bits per heavy atom. The summed E-state index contributed by atoms with van der Waals surface area (Å²) in [6, 6.07) is -1.21. The Balaban J connectivity index is 2.09. The third-order valence-electron chi connectivity index (χ3n) is 6.78. The molecule has 3 aliphatic rings. The van der Waals surface area contributed by atoms with E-state index in [-0.39, 0.29) is 43.0 Å². The van der Waals surface area contributed by atoms with E-state index in [4.69, 9.17) is 4.74 Å². The van der Waals surface area contributed by atoms with E-state index >= 15 is 0 Å². The molecule has 2 unspecified atom stereocenters. The Morgan fingerprint density at radius 3 is 2.50 bits per heavy atom. The number of hydrogen-bond donors (Lipinski definition) is 2. The lowest BCUT2D eigenvalue weighted by Gasteiger charge is -2.38. The van der Waals surface area contributed by atoms with Crippen molar-refractivity contribution < 1.29 is 24.2 Å². The quantitative estimate of drug-likeness (QED) is 0.560. The zero-order valence-corrected chi connectivity index (χ0v) is 19.8. The van der Waals surface area contributed by atoms with Gasteiger partial charge in [0.15, 0.2) is 0 Å². The minimum absolute atomic E-state index is 0.0670. The van der Waals surface area contributed by atoms with Crippen LogP contribution in [0.5, 0.6) is 0 Å². The molecule has 7 nitrogen and oxygen atoms in total. The van der Waals surface area contributed by atoms with Gasteiger partial charge in [-0.25, -0.2) is 0 Å². The molecule has 0 aromatic rings. The molecule has 3 fully saturated rings. The molecule has 3 heterocycles. The lowest BCUT2D eigenvalue weighted by molar-refractivity contribution is -0.155. The van der Waals surface area contributed by atoms with E-state index in [1.54, 1.807) is 23.6 Å². The van der Waals surface area contributed by atoms with Gasteiger partial charge < -0.3 is 20.1 Å². The smallest absolute Gasteiger partial charge is 0.311 e. The molecule has 6 atom stereocenters. The Bertz CT molecular complexity index is 714. The minimum Gasteiger partial charge on any atom is -0.466 e. The summed E-state index contributed by atoms with van der Waals surface area (Å²) in [6.45, 7) is 11.7. The summed E-state index contributed by atoms with van der Waals surface area (Å²) in [5.74, 6) is -1.63. The van der Waals surface area contributed by atoms with Crippen molar-refractivity contribution in [3.05, 3.63) is 0 Å². The van der Waals surface area contributed by atoms with E-state index in [0.29, 0.717) is 12.8 Å². The van der Waals surface area contributed by atoms with Crippen molar-refractivity contribution in [2.24, 2.45) is 17.8 Å². The van der Waals surface area contributed by atoms with Crippen LogP contribution in [0.3, 0.4) is 0 Å². The molecule has 2 N–H and O–H groups in total. The number of nitrogens with one attached hydrogen (secondary N) is 1. The van der Waals surface area contributed by atoms with E-state index in [1.165, 1.54) is 0 Å². The summed E-state index contributed by atoms with van der Waals surface area (Å²) < 4.78 is 4.30. The highest BCUT2D eigenvalue weighted by molar-refractivity contribution is 8.02. The van der Waals surface area contributed by atoms with Crippen LogP contribution in [-0.4, -0.2) is 68.6 Å². The van der Waals surface area contributed by atoms with Crippen LogP contribution >= 0.6 is 11.8 Å². The van der Waals surface area contributed by atoms with Gasteiger partial charge in [0, 0.05) is 10.8 Å². The Labute approximate surface area is 183 Å². The fourth-order valence-electron chi connectivity index (χ4n) is 5.83. The molecule has 1 spiro atoms. The third kappa shape index (κ3) is 3.53.